The lowest BCUT2D eigenvalue weighted by Crippen LogP contribution is -2.47. The van der Waals surface area contributed by atoms with Gasteiger partial charge in [0.2, 0.25) is 5.91 Å². The van der Waals surface area contributed by atoms with Gasteiger partial charge in [0.15, 0.2) is 0 Å². The number of carbonyl (C=O) groups is 1. The zero-order valence-electron chi connectivity index (χ0n) is 13.7. The van der Waals surface area contributed by atoms with Crippen molar-refractivity contribution >= 4 is 11.6 Å². The summed E-state index contributed by atoms with van der Waals surface area (Å²) in [6, 6.07) is 3.71. The molecule has 2 heterocycles. The number of rotatable bonds is 6. The van der Waals surface area contributed by atoms with Crippen LogP contribution in [0.4, 0.5) is 5.69 Å². The minimum atomic E-state index is -0.387. The molecule has 1 saturated heterocycles. The van der Waals surface area contributed by atoms with E-state index in [4.69, 9.17) is 5.73 Å². The van der Waals surface area contributed by atoms with Gasteiger partial charge in [-0.15, -0.1) is 0 Å². The van der Waals surface area contributed by atoms with Gasteiger partial charge in [-0.05, 0) is 36.8 Å². The topological polar surface area (TPSA) is 71.2 Å². The third-order valence-electron chi connectivity index (χ3n) is 4.77. The van der Waals surface area contributed by atoms with E-state index in [1.54, 1.807) is 0 Å². The van der Waals surface area contributed by atoms with Gasteiger partial charge in [-0.3, -0.25) is 9.78 Å². The number of amides is 1. The minimum Gasteiger partial charge on any atom is -0.371 e. The first-order valence-corrected chi connectivity index (χ1v) is 8.30. The Bertz CT molecular complexity index is 457. The maximum Gasteiger partial charge on any atom is 0.237 e. The largest absolute Gasteiger partial charge is 0.371 e. The second-order valence-corrected chi connectivity index (χ2v) is 6.29. The van der Waals surface area contributed by atoms with Crippen LogP contribution in [0.5, 0.6) is 0 Å². The fraction of sp³-hybridized carbons (Fsp3) is 0.647. The highest BCUT2D eigenvalue weighted by atomic mass is 16.2. The number of nitrogens with zero attached hydrogens (tertiary/aromatic N) is 2. The average Bonchev–Trinajstić information content (AvgIpc) is 2.59. The maximum absolute atomic E-state index is 12.0. The predicted octanol–water partition coefficient (Wildman–Crippen LogP) is 1.79. The number of hydrogen-bond acceptors (Lipinski definition) is 4. The molecule has 5 heteroatoms. The van der Waals surface area contributed by atoms with Crippen LogP contribution in [0.15, 0.2) is 24.5 Å². The second kappa shape index (κ2) is 8.13. The van der Waals surface area contributed by atoms with Gasteiger partial charge < -0.3 is 16.0 Å². The van der Waals surface area contributed by atoms with Crippen LogP contribution in [-0.4, -0.2) is 36.6 Å². The average molecular weight is 304 g/mol. The summed E-state index contributed by atoms with van der Waals surface area (Å²) in [7, 11) is 0. The molecule has 0 spiro atoms. The van der Waals surface area contributed by atoms with E-state index < -0.39 is 0 Å². The predicted molar refractivity (Wildman–Crippen MR) is 89.6 cm³/mol. The molecule has 1 fully saturated rings. The maximum atomic E-state index is 12.0. The molecule has 0 aliphatic carbocycles. The molecule has 122 valence electrons. The lowest BCUT2D eigenvalue weighted by Gasteiger charge is -2.33. The fourth-order valence-electron chi connectivity index (χ4n) is 2.83. The molecule has 1 aromatic rings. The quantitative estimate of drug-likeness (QED) is 0.840. The van der Waals surface area contributed by atoms with Crippen molar-refractivity contribution in [2.45, 2.75) is 39.2 Å². The van der Waals surface area contributed by atoms with Crippen molar-refractivity contribution in [1.82, 2.24) is 10.3 Å². The van der Waals surface area contributed by atoms with Crippen molar-refractivity contribution < 1.29 is 4.79 Å². The summed E-state index contributed by atoms with van der Waals surface area (Å²) in [5.74, 6) is 0.769. The first-order valence-electron chi connectivity index (χ1n) is 8.30. The Kier molecular flexibility index (Phi) is 6.19. The number of anilines is 1. The van der Waals surface area contributed by atoms with Gasteiger partial charge in [0.25, 0.3) is 0 Å². The molecule has 2 unspecified atom stereocenters. The first-order chi connectivity index (χ1) is 10.6. The first kappa shape index (κ1) is 16.7. The highest BCUT2D eigenvalue weighted by Gasteiger charge is 2.23. The van der Waals surface area contributed by atoms with Crippen molar-refractivity contribution in [2.24, 2.45) is 17.6 Å². The van der Waals surface area contributed by atoms with E-state index in [2.05, 4.69) is 22.1 Å². The molecule has 0 aromatic carbocycles. The summed E-state index contributed by atoms with van der Waals surface area (Å²) in [4.78, 5) is 18.5. The smallest absolute Gasteiger partial charge is 0.237 e. The highest BCUT2D eigenvalue weighted by Crippen LogP contribution is 2.22. The van der Waals surface area contributed by atoms with Crippen molar-refractivity contribution in [2.75, 3.05) is 24.5 Å². The molecule has 2 atom stereocenters. The van der Waals surface area contributed by atoms with E-state index in [9.17, 15) is 4.79 Å². The normalized spacial score (nSPS) is 18.8. The summed E-state index contributed by atoms with van der Waals surface area (Å²) >= 11 is 0. The Morgan fingerprint density at radius 1 is 1.41 bits per heavy atom. The Balaban J connectivity index is 1.73. The van der Waals surface area contributed by atoms with Crippen molar-refractivity contribution in [1.29, 1.82) is 0 Å². The zero-order chi connectivity index (χ0) is 15.9. The van der Waals surface area contributed by atoms with Crippen LogP contribution >= 0.6 is 0 Å². The van der Waals surface area contributed by atoms with E-state index in [0.717, 1.165) is 38.9 Å². The molecule has 0 bridgehead atoms. The third-order valence-corrected chi connectivity index (χ3v) is 4.77. The molecule has 1 aliphatic rings. The van der Waals surface area contributed by atoms with Crippen molar-refractivity contribution in [3.63, 3.8) is 0 Å². The zero-order valence-corrected chi connectivity index (χ0v) is 13.7. The number of aromatic nitrogens is 1. The van der Waals surface area contributed by atoms with E-state index in [1.807, 2.05) is 31.5 Å². The van der Waals surface area contributed by atoms with E-state index in [1.165, 1.54) is 5.69 Å². The van der Waals surface area contributed by atoms with E-state index >= 15 is 0 Å². The van der Waals surface area contributed by atoms with Crippen LogP contribution in [0.2, 0.25) is 0 Å². The Hall–Kier alpha value is -1.62. The molecule has 5 nitrogen and oxygen atoms in total. The summed E-state index contributed by atoms with van der Waals surface area (Å²) in [6.07, 6.45) is 6.79. The lowest BCUT2D eigenvalue weighted by atomic mass is 9.95. The standard InChI is InChI=1S/C17H28N4O/c1-3-13(2)16(18)17(22)20-12-14-6-10-21(11-7-14)15-4-8-19-9-5-15/h4-5,8-9,13-14,16H,3,6-7,10-12,18H2,1-2H3,(H,20,22). The van der Waals surface area contributed by atoms with Crippen LogP contribution < -0.4 is 16.0 Å². The summed E-state index contributed by atoms with van der Waals surface area (Å²) in [6.45, 7) is 6.89. The van der Waals surface area contributed by atoms with Crippen LogP contribution in [0.1, 0.15) is 33.1 Å². The summed E-state index contributed by atoms with van der Waals surface area (Å²) in [5.41, 5.74) is 7.19. The van der Waals surface area contributed by atoms with Crippen molar-refractivity contribution in [3.05, 3.63) is 24.5 Å². The number of piperidine rings is 1. The molecule has 1 aliphatic heterocycles. The van der Waals surface area contributed by atoms with Crippen molar-refractivity contribution in [3.8, 4) is 0 Å². The number of nitrogens with one attached hydrogen (secondary N) is 1. The minimum absolute atomic E-state index is 0.00841. The molecule has 3 N–H and O–H groups in total. The Morgan fingerprint density at radius 2 is 2.05 bits per heavy atom. The van der Waals surface area contributed by atoms with E-state index in [-0.39, 0.29) is 17.9 Å². The van der Waals surface area contributed by atoms with Gasteiger partial charge >= 0.3 is 0 Å². The second-order valence-electron chi connectivity index (χ2n) is 6.29. The van der Waals surface area contributed by atoms with E-state index in [0.29, 0.717) is 5.92 Å². The highest BCUT2D eigenvalue weighted by molar-refractivity contribution is 5.81. The Morgan fingerprint density at radius 3 is 2.64 bits per heavy atom. The van der Waals surface area contributed by atoms with Gasteiger partial charge in [-0.2, -0.15) is 0 Å². The monoisotopic (exact) mass is 304 g/mol. The van der Waals surface area contributed by atoms with Crippen LogP contribution in [0.3, 0.4) is 0 Å². The fourth-order valence-corrected chi connectivity index (χ4v) is 2.83. The molecule has 2 rings (SSSR count). The molecular formula is C17H28N4O. The third kappa shape index (κ3) is 4.44. The van der Waals surface area contributed by atoms with Gasteiger partial charge in [-0.25, -0.2) is 0 Å². The molecule has 1 aromatic heterocycles. The SMILES string of the molecule is CCC(C)C(N)C(=O)NCC1CCN(c2ccncc2)CC1. The summed E-state index contributed by atoms with van der Waals surface area (Å²) < 4.78 is 0. The number of nitrogens with two attached hydrogens (primary N) is 1. The van der Waals surface area contributed by atoms with Crippen LogP contribution in [0.25, 0.3) is 0 Å². The molecule has 0 radical (unpaired) electrons. The van der Waals surface area contributed by atoms with Gasteiger partial charge in [0, 0.05) is 37.7 Å². The van der Waals surface area contributed by atoms with Gasteiger partial charge in [0.1, 0.15) is 0 Å². The van der Waals surface area contributed by atoms with Crippen LogP contribution in [-0.2, 0) is 4.79 Å². The van der Waals surface area contributed by atoms with Gasteiger partial charge in [-0.1, -0.05) is 20.3 Å². The summed E-state index contributed by atoms with van der Waals surface area (Å²) in [5, 5.41) is 3.03. The number of pyridine rings is 1. The molecule has 22 heavy (non-hydrogen) atoms. The van der Waals surface area contributed by atoms with Crippen LogP contribution in [0, 0.1) is 11.8 Å². The molecule has 0 saturated carbocycles. The lowest BCUT2D eigenvalue weighted by molar-refractivity contribution is -0.123. The number of hydrogen-bond donors (Lipinski definition) is 2. The number of carbonyl (C=O) groups excluding carboxylic acids is 1. The Labute approximate surface area is 133 Å². The van der Waals surface area contributed by atoms with Gasteiger partial charge in [0.05, 0.1) is 6.04 Å². The molecular weight excluding hydrogens is 276 g/mol. The molecule has 1 amide bonds.